The van der Waals surface area contributed by atoms with E-state index in [1.165, 1.54) is 10.1 Å². The molecule has 3 N–H and O–H groups in total. The topological polar surface area (TPSA) is 72.9 Å². The highest BCUT2D eigenvalue weighted by molar-refractivity contribution is 5.33. The quantitative estimate of drug-likeness (QED) is 0.830. The first-order valence-corrected chi connectivity index (χ1v) is 6.23. The Morgan fingerprint density at radius 3 is 2.79 bits per heavy atom. The van der Waals surface area contributed by atoms with Gasteiger partial charge in [0, 0.05) is 32.0 Å². The van der Waals surface area contributed by atoms with E-state index in [2.05, 4.69) is 10.3 Å². The van der Waals surface area contributed by atoms with Crippen LogP contribution < -0.4 is 16.6 Å². The fraction of sp³-hybridized carbons (Fsp3) is 0.286. The molecule has 19 heavy (non-hydrogen) atoms. The largest absolute Gasteiger partial charge is 0.361 e. The molecule has 0 fully saturated rings. The van der Waals surface area contributed by atoms with Crippen LogP contribution in [0.5, 0.6) is 0 Å². The van der Waals surface area contributed by atoms with Crippen molar-refractivity contribution in [2.45, 2.75) is 12.5 Å². The van der Waals surface area contributed by atoms with Gasteiger partial charge in [-0.05, 0) is 12.0 Å². The molecule has 0 aliphatic rings. The Labute approximate surface area is 112 Å². The van der Waals surface area contributed by atoms with Crippen LogP contribution in [0.3, 0.4) is 0 Å². The Balaban J connectivity index is 2.11. The van der Waals surface area contributed by atoms with Crippen LogP contribution in [0.25, 0.3) is 0 Å². The van der Waals surface area contributed by atoms with Crippen molar-refractivity contribution in [3.63, 3.8) is 0 Å². The second kappa shape index (κ2) is 6.15. The zero-order chi connectivity index (χ0) is 13.7. The molecule has 2 rings (SSSR count). The lowest BCUT2D eigenvalue weighted by molar-refractivity contribution is 0.712. The number of hydrogen-bond acceptors (Lipinski definition) is 4. The van der Waals surface area contributed by atoms with Crippen LogP contribution in [-0.2, 0) is 13.5 Å². The number of nitrogens with zero attached hydrogens (tertiary/aromatic N) is 2. The standard InChI is InChI=1S/C14H18N4O/c1-18-8-7-16-13(14(18)19)17-12(10-15)9-11-5-3-2-4-6-11/h2-8,12H,9-10,15H2,1H3,(H,16,17). The second-order valence-corrected chi connectivity index (χ2v) is 4.46. The van der Waals surface area contributed by atoms with Crippen molar-refractivity contribution < 1.29 is 0 Å². The van der Waals surface area contributed by atoms with Crippen LogP contribution in [-0.4, -0.2) is 22.1 Å². The summed E-state index contributed by atoms with van der Waals surface area (Å²) >= 11 is 0. The third kappa shape index (κ3) is 3.42. The number of aromatic nitrogens is 2. The maximum Gasteiger partial charge on any atom is 0.293 e. The van der Waals surface area contributed by atoms with E-state index in [4.69, 9.17) is 5.73 Å². The molecule has 0 saturated heterocycles. The van der Waals surface area contributed by atoms with Gasteiger partial charge in [-0.3, -0.25) is 4.79 Å². The Bertz CT molecular complexity index is 579. The molecule has 1 aromatic carbocycles. The third-order valence-electron chi connectivity index (χ3n) is 2.97. The number of rotatable bonds is 5. The summed E-state index contributed by atoms with van der Waals surface area (Å²) in [6.07, 6.45) is 3.99. The summed E-state index contributed by atoms with van der Waals surface area (Å²) in [4.78, 5) is 15.9. The predicted molar refractivity (Wildman–Crippen MR) is 76.1 cm³/mol. The lowest BCUT2D eigenvalue weighted by Crippen LogP contribution is -2.34. The zero-order valence-corrected chi connectivity index (χ0v) is 10.9. The highest BCUT2D eigenvalue weighted by atomic mass is 16.1. The van der Waals surface area contributed by atoms with E-state index in [1.807, 2.05) is 30.3 Å². The lowest BCUT2D eigenvalue weighted by Gasteiger charge is -2.17. The molecule has 1 unspecified atom stereocenters. The molecule has 0 bridgehead atoms. The van der Waals surface area contributed by atoms with Gasteiger partial charge in [0.2, 0.25) is 0 Å². The number of benzene rings is 1. The summed E-state index contributed by atoms with van der Waals surface area (Å²) in [5, 5.41) is 3.12. The molecule has 100 valence electrons. The van der Waals surface area contributed by atoms with Gasteiger partial charge in [0.05, 0.1) is 0 Å². The van der Waals surface area contributed by atoms with Gasteiger partial charge >= 0.3 is 0 Å². The molecule has 0 spiro atoms. The Morgan fingerprint density at radius 1 is 1.37 bits per heavy atom. The molecule has 0 radical (unpaired) electrons. The summed E-state index contributed by atoms with van der Waals surface area (Å²) in [5.74, 6) is 0.344. The van der Waals surface area contributed by atoms with Crippen LogP contribution >= 0.6 is 0 Å². The normalized spacial score (nSPS) is 12.1. The van der Waals surface area contributed by atoms with E-state index in [0.717, 1.165) is 6.42 Å². The summed E-state index contributed by atoms with van der Waals surface area (Å²) < 4.78 is 1.49. The van der Waals surface area contributed by atoms with Gasteiger partial charge in [-0.25, -0.2) is 4.98 Å². The molecule has 1 aromatic heterocycles. The van der Waals surface area contributed by atoms with Crippen LogP contribution in [0.15, 0.2) is 47.5 Å². The molecule has 1 atom stereocenters. The third-order valence-corrected chi connectivity index (χ3v) is 2.97. The van der Waals surface area contributed by atoms with Gasteiger partial charge in [-0.1, -0.05) is 30.3 Å². The summed E-state index contributed by atoms with van der Waals surface area (Å²) in [7, 11) is 1.70. The molecule has 0 amide bonds. The zero-order valence-electron chi connectivity index (χ0n) is 10.9. The minimum atomic E-state index is -0.144. The number of aryl methyl sites for hydroxylation is 1. The van der Waals surface area contributed by atoms with Crippen LogP contribution in [0, 0.1) is 0 Å². The van der Waals surface area contributed by atoms with E-state index in [0.29, 0.717) is 12.4 Å². The number of hydrogen-bond donors (Lipinski definition) is 2. The Kier molecular flexibility index (Phi) is 4.30. The maximum atomic E-state index is 11.9. The highest BCUT2D eigenvalue weighted by Gasteiger charge is 2.11. The van der Waals surface area contributed by atoms with Crippen LogP contribution in [0.4, 0.5) is 5.82 Å². The molecule has 5 nitrogen and oxygen atoms in total. The van der Waals surface area contributed by atoms with Crippen molar-refractivity contribution in [2.75, 3.05) is 11.9 Å². The highest BCUT2D eigenvalue weighted by Crippen LogP contribution is 2.05. The van der Waals surface area contributed by atoms with E-state index in [9.17, 15) is 4.79 Å². The fourth-order valence-corrected chi connectivity index (χ4v) is 1.88. The van der Waals surface area contributed by atoms with E-state index in [1.54, 1.807) is 19.4 Å². The average molecular weight is 258 g/mol. The minimum absolute atomic E-state index is 0.00926. The molecule has 0 aliphatic carbocycles. The second-order valence-electron chi connectivity index (χ2n) is 4.46. The van der Waals surface area contributed by atoms with Crippen LogP contribution in [0.2, 0.25) is 0 Å². The Hall–Kier alpha value is -2.14. The summed E-state index contributed by atoms with van der Waals surface area (Å²) in [6, 6.07) is 10.0. The van der Waals surface area contributed by atoms with Crippen molar-refractivity contribution >= 4 is 5.82 Å². The first-order chi connectivity index (χ1) is 9.20. The predicted octanol–water partition coefficient (Wildman–Crippen LogP) is 0.762. The smallest absolute Gasteiger partial charge is 0.293 e. The fourth-order valence-electron chi connectivity index (χ4n) is 1.88. The van der Waals surface area contributed by atoms with Gasteiger partial charge in [-0.2, -0.15) is 0 Å². The Morgan fingerprint density at radius 2 is 2.11 bits per heavy atom. The van der Waals surface area contributed by atoms with E-state index < -0.39 is 0 Å². The number of anilines is 1. The van der Waals surface area contributed by atoms with Crippen molar-refractivity contribution in [1.82, 2.24) is 9.55 Å². The van der Waals surface area contributed by atoms with Crippen molar-refractivity contribution in [3.8, 4) is 0 Å². The maximum absolute atomic E-state index is 11.9. The van der Waals surface area contributed by atoms with E-state index in [-0.39, 0.29) is 11.6 Å². The van der Waals surface area contributed by atoms with Gasteiger partial charge in [-0.15, -0.1) is 0 Å². The monoisotopic (exact) mass is 258 g/mol. The molecular formula is C14H18N4O. The van der Waals surface area contributed by atoms with Crippen LogP contribution in [0.1, 0.15) is 5.56 Å². The first-order valence-electron chi connectivity index (χ1n) is 6.23. The van der Waals surface area contributed by atoms with Gasteiger partial charge in [0.25, 0.3) is 5.56 Å². The molecule has 2 aromatic rings. The SMILES string of the molecule is Cn1ccnc(NC(CN)Cc2ccccc2)c1=O. The lowest BCUT2D eigenvalue weighted by atomic mass is 10.1. The van der Waals surface area contributed by atoms with E-state index >= 15 is 0 Å². The molecule has 0 saturated carbocycles. The minimum Gasteiger partial charge on any atom is -0.361 e. The molecular weight excluding hydrogens is 240 g/mol. The summed E-state index contributed by atoms with van der Waals surface area (Å²) in [6.45, 7) is 0.439. The van der Waals surface area contributed by atoms with Gasteiger partial charge in [0.1, 0.15) is 0 Å². The molecule has 1 heterocycles. The van der Waals surface area contributed by atoms with Crippen molar-refractivity contribution in [1.29, 1.82) is 0 Å². The van der Waals surface area contributed by atoms with Crippen molar-refractivity contribution in [3.05, 3.63) is 58.6 Å². The molecule has 5 heteroatoms. The number of nitrogens with one attached hydrogen (secondary N) is 1. The summed E-state index contributed by atoms with van der Waals surface area (Å²) in [5.41, 5.74) is 6.79. The number of nitrogens with two attached hydrogens (primary N) is 1. The van der Waals surface area contributed by atoms with Gasteiger partial charge in [0.15, 0.2) is 5.82 Å². The average Bonchev–Trinajstić information content (AvgIpc) is 2.44. The van der Waals surface area contributed by atoms with Crippen molar-refractivity contribution in [2.24, 2.45) is 12.8 Å². The molecule has 0 aliphatic heterocycles. The first kappa shape index (κ1) is 13.3. The van der Waals surface area contributed by atoms with Gasteiger partial charge < -0.3 is 15.6 Å².